The van der Waals surface area contributed by atoms with E-state index in [9.17, 15) is 0 Å². The molecule has 0 unspecified atom stereocenters. The van der Waals surface area contributed by atoms with Crippen LogP contribution < -0.4 is 0 Å². The van der Waals surface area contributed by atoms with Crippen molar-refractivity contribution in [3.05, 3.63) is 33.6 Å². The smallest absolute Gasteiger partial charge is 0.284 e. The van der Waals surface area contributed by atoms with Gasteiger partial charge in [-0.25, -0.2) is 5.10 Å². The number of hydrogen-bond acceptors (Lipinski definition) is 3. The molecule has 2 rings (SSSR count). The zero-order chi connectivity index (χ0) is 10.1. The molecule has 0 aliphatic carbocycles. The van der Waals surface area contributed by atoms with Crippen LogP contribution in [0.4, 0.5) is 0 Å². The number of aromatic amines is 1. The van der Waals surface area contributed by atoms with Crippen molar-refractivity contribution < 1.29 is 4.42 Å². The highest BCUT2D eigenvalue weighted by Crippen LogP contribution is 2.26. The molecule has 0 atom stereocenters. The number of aryl methyl sites for hydroxylation is 1. The first kappa shape index (κ1) is 9.43. The standard InChI is InChI=1S/C9H7ClN2OS/c1-5-2-3-6(7(10)4-5)8-11-12-9(14)13-8/h2-4H,1H3,(H,12,14). The van der Waals surface area contributed by atoms with Gasteiger partial charge in [0.05, 0.1) is 10.6 Å². The number of rotatable bonds is 1. The van der Waals surface area contributed by atoms with Crippen LogP contribution in [0.25, 0.3) is 11.5 Å². The summed E-state index contributed by atoms with van der Waals surface area (Å²) in [6.07, 6.45) is 0. The third-order valence-electron chi connectivity index (χ3n) is 1.79. The third-order valence-corrected chi connectivity index (χ3v) is 2.28. The number of hydrogen-bond donors (Lipinski definition) is 1. The number of H-pyrrole nitrogens is 1. The van der Waals surface area contributed by atoms with Gasteiger partial charge in [0.2, 0.25) is 5.89 Å². The van der Waals surface area contributed by atoms with Gasteiger partial charge in [-0.2, -0.15) is 0 Å². The Balaban J connectivity index is 2.57. The molecule has 0 aliphatic rings. The van der Waals surface area contributed by atoms with Crippen LogP contribution in [0.5, 0.6) is 0 Å². The summed E-state index contributed by atoms with van der Waals surface area (Å²) in [4.78, 5) is 0.247. The average molecular weight is 227 g/mol. The van der Waals surface area contributed by atoms with E-state index in [1.165, 1.54) is 0 Å². The lowest BCUT2D eigenvalue weighted by Gasteiger charge is -1.99. The topological polar surface area (TPSA) is 41.8 Å². The lowest BCUT2D eigenvalue weighted by molar-refractivity contribution is 0.552. The number of nitrogens with one attached hydrogen (secondary N) is 1. The number of nitrogens with zero attached hydrogens (tertiary/aromatic N) is 1. The Hall–Kier alpha value is -1.13. The maximum atomic E-state index is 6.03. The maximum Gasteiger partial charge on any atom is 0.284 e. The molecule has 1 aromatic carbocycles. The molecule has 0 bridgehead atoms. The second kappa shape index (κ2) is 3.55. The summed E-state index contributed by atoms with van der Waals surface area (Å²) >= 11 is 10.8. The minimum Gasteiger partial charge on any atom is -0.409 e. The van der Waals surface area contributed by atoms with Gasteiger partial charge < -0.3 is 4.42 Å². The molecular formula is C9H7ClN2OS. The fourth-order valence-electron chi connectivity index (χ4n) is 1.14. The largest absolute Gasteiger partial charge is 0.409 e. The van der Waals surface area contributed by atoms with Crippen molar-refractivity contribution in [1.82, 2.24) is 10.2 Å². The van der Waals surface area contributed by atoms with Crippen molar-refractivity contribution in [1.29, 1.82) is 0 Å². The summed E-state index contributed by atoms with van der Waals surface area (Å²) in [5, 5.41) is 7.05. The van der Waals surface area contributed by atoms with Crippen molar-refractivity contribution in [3.8, 4) is 11.5 Å². The molecule has 0 saturated heterocycles. The van der Waals surface area contributed by atoms with Crippen LogP contribution in [0.3, 0.4) is 0 Å². The first-order valence-corrected chi connectivity index (χ1v) is 4.77. The summed E-state index contributed by atoms with van der Waals surface area (Å²) in [5.41, 5.74) is 1.83. The highest BCUT2D eigenvalue weighted by molar-refractivity contribution is 7.71. The molecule has 0 fully saturated rings. The average Bonchev–Trinajstić information content (AvgIpc) is 2.51. The Morgan fingerprint density at radius 2 is 2.29 bits per heavy atom. The second-order valence-corrected chi connectivity index (χ2v) is 3.68. The van der Waals surface area contributed by atoms with Crippen molar-refractivity contribution >= 4 is 23.8 Å². The Bertz CT molecular complexity index is 518. The van der Waals surface area contributed by atoms with Gasteiger partial charge in [-0.15, -0.1) is 5.10 Å². The second-order valence-electron chi connectivity index (χ2n) is 2.90. The molecular weight excluding hydrogens is 220 g/mol. The molecule has 14 heavy (non-hydrogen) atoms. The van der Waals surface area contributed by atoms with Crippen molar-refractivity contribution in [2.75, 3.05) is 0 Å². The summed E-state index contributed by atoms with van der Waals surface area (Å²) in [7, 11) is 0. The minimum absolute atomic E-state index is 0.247. The van der Waals surface area contributed by atoms with Crippen molar-refractivity contribution in [3.63, 3.8) is 0 Å². The molecule has 1 aromatic heterocycles. The molecule has 72 valence electrons. The number of aromatic nitrogens is 2. The molecule has 0 radical (unpaired) electrons. The maximum absolute atomic E-state index is 6.03. The predicted octanol–water partition coefficient (Wildman–Crippen LogP) is 3.36. The highest BCUT2D eigenvalue weighted by atomic mass is 35.5. The van der Waals surface area contributed by atoms with Gasteiger partial charge in [-0.05, 0) is 36.8 Å². The molecule has 1 N–H and O–H groups in total. The molecule has 2 aromatic rings. The van der Waals surface area contributed by atoms with Crippen LogP contribution in [0.1, 0.15) is 5.56 Å². The van der Waals surface area contributed by atoms with E-state index in [0.29, 0.717) is 10.9 Å². The predicted molar refractivity (Wildman–Crippen MR) is 56.9 cm³/mol. The van der Waals surface area contributed by atoms with E-state index in [0.717, 1.165) is 11.1 Å². The molecule has 0 spiro atoms. The van der Waals surface area contributed by atoms with Gasteiger partial charge in [0.25, 0.3) is 4.84 Å². The van der Waals surface area contributed by atoms with E-state index in [2.05, 4.69) is 10.2 Å². The summed E-state index contributed by atoms with van der Waals surface area (Å²) in [5.74, 6) is 0.417. The van der Waals surface area contributed by atoms with Gasteiger partial charge in [0, 0.05) is 0 Å². The molecule has 3 nitrogen and oxygen atoms in total. The van der Waals surface area contributed by atoms with Crippen LogP contribution in [-0.2, 0) is 0 Å². The molecule has 0 saturated carbocycles. The SMILES string of the molecule is Cc1ccc(-c2n[nH]c(=S)o2)c(Cl)c1. The summed E-state index contributed by atoms with van der Waals surface area (Å²) < 4.78 is 5.15. The fraction of sp³-hybridized carbons (Fsp3) is 0.111. The Kier molecular flexibility index (Phi) is 2.39. The normalized spacial score (nSPS) is 10.4. The van der Waals surface area contributed by atoms with E-state index in [-0.39, 0.29) is 4.84 Å². The van der Waals surface area contributed by atoms with Crippen molar-refractivity contribution in [2.45, 2.75) is 6.92 Å². The lowest BCUT2D eigenvalue weighted by Crippen LogP contribution is -1.81. The Labute approximate surface area is 90.7 Å². The monoisotopic (exact) mass is 226 g/mol. The third kappa shape index (κ3) is 1.71. The number of halogens is 1. The first-order chi connectivity index (χ1) is 6.66. The molecule has 0 aliphatic heterocycles. The zero-order valence-corrected chi connectivity index (χ0v) is 8.95. The zero-order valence-electron chi connectivity index (χ0n) is 7.37. The van der Waals surface area contributed by atoms with Crippen molar-refractivity contribution in [2.24, 2.45) is 0 Å². The van der Waals surface area contributed by atoms with E-state index in [1.54, 1.807) is 0 Å². The fourth-order valence-corrected chi connectivity index (χ4v) is 1.58. The van der Waals surface area contributed by atoms with Crippen LogP contribution in [0.2, 0.25) is 5.02 Å². The first-order valence-electron chi connectivity index (χ1n) is 3.99. The lowest BCUT2D eigenvalue weighted by atomic mass is 10.1. The quantitative estimate of drug-likeness (QED) is 0.759. The van der Waals surface area contributed by atoms with Crippen LogP contribution in [-0.4, -0.2) is 10.2 Å². The van der Waals surface area contributed by atoms with Crippen LogP contribution >= 0.6 is 23.8 Å². The highest BCUT2D eigenvalue weighted by Gasteiger charge is 2.08. The van der Waals surface area contributed by atoms with E-state index in [1.807, 2.05) is 25.1 Å². The van der Waals surface area contributed by atoms with E-state index in [4.69, 9.17) is 28.2 Å². The number of benzene rings is 1. The minimum atomic E-state index is 0.247. The summed E-state index contributed by atoms with van der Waals surface area (Å²) in [6.45, 7) is 1.97. The van der Waals surface area contributed by atoms with Gasteiger partial charge in [0.1, 0.15) is 0 Å². The van der Waals surface area contributed by atoms with Crippen LogP contribution in [0, 0.1) is 11.8 Å². The van der Waals surface area contributed by atoms with E-state index >= 15 is 0 Å². The molecule has 5 heteroatoms. The molecule has 0 amide bonds. The van der Waals surface area contributed by atoms with Gasteiger partial charge in [-0.3, -0.25) is 0 Å². The van der Waals surface area contributed by atoms with Gasteiger partial charge in [0.15, 0.2) is 0 Å². The Morgan fingerprint density at radius 1 is 1.50 bits per heavy atom. The van der Waals surface area contributed by atoms with Crippen LogP contribution in [0.15, 0.2) is 22.6 Å². The van der Waals surface area contributed by atoms with Gasteiger partial charge in [-0.1, -0.05) is 17.7 Å². The van der Waals surface area contributed by atoms with E-state index < -0.39 is 0 Å². The Morgan fingerprint density at radius 3 is 2.86 bits per heavy atom. The molecule has 1 heterocycles. The van der Waals surface area contributed by atoms with Gasteiger partial charge >= 0.3 is 0 Å². The summed E-state index contributed by atoms with van der Waals surface area (Å²) in [6, 6.07) is 5.64.